The number of likely N-dealkylation sites (N-methyl/N-ethyl adjacent to an activating group) is 1. The van der Waals surface area contributed by atoms with E-state index in [1.165, 1.54) is 5.56 Å². The van der Waals surface area contributed by atoms with Crippen LogP contribution in [-0.4, -0.2) is 96.2 Å². The molecule has 1 saturated heterocycles. The van der Waals surface area contributed by atoms with Gasteiger partial charge < -0.3 is 34.5 Å². The van der Waals surface area contributed by atoms with Crippen LogP contribution in [0.1, 0.15) is 44.6 Å². The van der Waals surface area contributed by atoms with Gasteiger partial charge in [-0.15, -0.1) is 0 Å². The van der Waals surface area contributed by atoms with Crippen molar-refractivity contribution in [1.29, 1.82) is 0 Å². The minimum absolute atomic E-state index is 0.0638. The first-order chi connectivity index (χ1) is 17.9. The number of unbranched alkanes of at least 4 members (excludes halogenated alkanes) is 1. The summed E-state index contributed by atoms with van der Waals surface area (Å²) < 4.78 is 22.1. The van der Waals surface area contributed by atoms with E-state index in [2.05, 4.69) is 29.4 Å². The number of ether oxygens (including phenoxy) is 4. The number of nitrogens with one attached hydrogen (secondary N) is 2. The Morgan fingerprint density at radius 1 is 0.892 bits per heavy atom. The van der Waals surface area contributed by atoms with Gasteiger partial charge in [0.05, 0.1) is 26.4 Å². The molecule has 1 aliphatic heterocycles. The number of hydrogen-bond donors (Lipinski definition) is 2. The van der Waals surface area contributed by atoms with Crippen LogP contribution in [0.4, 0.5) is 0 Å². The summed E-state index contributed by atoms with van der Waals surface area (Å²) >= 11 is 0. The molecule has 1 heterocycles. The van der Waals surface area contributed by atoms with E-state index in [9.17, 15) is 9.59 Å². The molecule has 0 bridgehead atoms. The highest BCUT2D eigenvalue weighted by molar-refractivity contribution is 5.77. The molecule has 1 aromatic carbocycles. The van der Waals surface area contributed by atoms with Crippen LogP contribution in [-0.2, 0) is 23.8 Å². The fraction of sp³-hybridized carbons (Fsp3) is 0.714. The highest BCUT2D eigenvalue weighted by Crippen LogP contribution is 2.33. The Labute approximate surface area is 222 Å². The van der Waals surface area contributed by atoms with E-state index < -0.39 is 0 Å². The lowest BCUT2D eigenvalue weighted by Crippen LogP contribution is -2.42. The molecule has 1 aliphatic rings. The van der Waals surface area contributed by atoms with Crippen molar-refractivity contribution >= 4 is 11.8 Å². The van der Waals surface area contributed by atoms with Crippen molar-refractivity contribution in [1.82, 2.24) is 15.5 Å². The Balaban J connectivity index is 1.38. The molecule has 1 fully saturated rings. The maximum Gasteiger partial charge on any atom is 0.245 e. The molecule has 0 radical (unpaired) electrons. The number of aryl methyl sites for hydroxylation is 1. The highest BCUT2D eigenvalue weighted by Gasteiger charge is 2.29. The van der Waals surface area contributed by atoms with Gasteiger partial charge >= 0.3 is 0 Å². The summed E-state index contributed by atoms with van der Waals surface area (Å²) in [4.78, 5) is 25.6. The monoisotopic (exact) mass is 521 g/mol. The fourth-order valence-corrected chi connectivity index (χ4v) is 4.07. The van der Waals surface area contributed by atoms with Gasteiger partial charge in [0.2, 0.25) is 11.8 Å². The number of carbonyl (C=O) groups excluding carboxylic acids is 2. The summed E-state index contributed by atoms with van der Waals surface area (Å²) in [6, 6.07) is 8.06. The molecule has 2 N–H and O–H groups in total. The van der Waals surface area contributed by atoms with E-state index in [4.69, 9.17) is 18.9 Å². The largest absolute Gasteiger partial charge is 0.494 e. The SMILES string of the molecule is CNC(=O)COCCN1CCC(C)(CCNC(=O)COCCOCCCCOc2ccc(C)cc2)CC1. The zero-order chi connectivity index (χ0) is 26.8. The van der Waals surface area contributed by atoms with Gasteiger partial charge in [-0.1, -0.05) is 24.6 Å². The molecule has 2 rings (SSSR count). The van der Waals surface area contributed by atoms with Crippen molar-refractivity contribution < 1.29 is 28.5 Å². The van der Waals surface area contributed by atoms with E-state index >= 15 is 0 Å². The third-order valence-corrected chi connectivity index (χ3v) is 6.76. The van der Waals surface area contributed by atoms with Crippen molar-refractivity contribution in [3.05, 3.63) is 29.8 Å². The molecular formula is C28H47N3O6. The lowest BCUT2D eigenvalue weighted by Gasteiger charge is -2.39. The number of nitrogens with zero attached hydrogens (tertiary/aromatic N) is 1. The second-order valence-electron chi connectivity index (χ2n) is 10.0. The van der Waals surface area contributed by atoms with Crippen LogP contribution >= 0.6 is 0 Å². The summed E-state index contributed by atoms with van der Waals surface area (Å²) in [6.07, 6.45) is 4.99. The van der Waals surface area contributed by atoms with Gasteiger partial charge in [-0.05, 0) is 69.7 Å². The molecule has 0 saturated carbocycles. The first-order valence-electron chi connectivity index (χ1n) is 13.5. The standard InChI is InChI=1S/C28H47N3O6/c1-24-6-8-25(9-7-24)37-18-5-4-17-34-20-21-36-23-27(33)30-13-10-28(2)11-14-31(15-12-28)16-19-35-22-26(32)29-3/h6-9H,4-5,10-23H2,1-3H3,(H,29,32)(H,30,33). The Morgan fingerprint density at radius 3 is 2.27 bits per heavy atom. The smallest absolute Gasteiger partial charge is 0.245 e. The van der Waals surface area contributed by atoms with Crippen LogP contribution in [0.5, 0.6) is 5.75 Å². The molecule has 2 amide bonds. The minimum Gasteiger partial charge on any atom is -0.494 e. The van der Waals surface area contributed by atoms with Gasteiger partial charge in [0.1, 0.15) is 19.0 Å². The number of hydrogen-bond acceptors (Lipinski definition) is 7. The lowest BCUT2D eigenvalue weighted by atomic mass is 9.77. The van der Waals surface area contributed by atoms with Gasteiger partial charge in [-0.25, -0.2) is 0 Å². The number of carbonyl (C=O) groups is 2. The van der Waals surface area contributed by atoms with Crippen LogP contribution in [0.2, 0.25) is 0 Å². The quantitative estimate of drug-likeness (QED) is 0.270. The molecule has 0 atom stereocenters. The van der Waals surface area contributed by atoms with E-state index in [-0.39, 0.29) is 30.4 Å². The molecule has 0 spiro atoms. The molecule has 1 aromatic rings. The van der Waals surface area contributed by atoms with Crippen LogP contribution in [0.25, 0.3) is 0 Å². The average molecular weight is 522 g/mol. The summed E-state index contributed by atoms with van der Waals surface area (Å²) in [6.45, 7) is 10.8. The molecular weight excluding hydrogens is 474 g/mol. The Kier molecular flexibility index (Phi) is 15.2. The van der Waals surface area contributed by atoms with E-state index in [1.54, 1.807) is 7.05 Å². The van der Waals surface area contributed by atoms with Crippen LogP contribution in [0.15, 0.2) is 24.3 Å². The van der Waals surface area contributed by atoms with E-state index in [0.717, 1.165) is 57.5 Å². The van der Waals surface area contributed by atoms with Crippen LogP contribution in [0, 0.1) is 12.3 Å². The third-order valence-electron chi connectivity index (χ3n) is 6.76. The second kappa shape index (κ2) is 18.1. The predicted octanol–water partition coefficient (Wildman–Crippen LogP) is 2.56. The van der Waals surface area contributed by atoms with Crippen LogP contribution in [0.3, 0.4) is 0 Å². The van der Waals surface area contributed by atoms with Gasteiger partial charge in [-0.3, -0.25) is 9.59 Å². The third kappa shape index (κ3) is 14.4. The molecule has 37 heavy (non-hydrogen) atoms. The maximum atomic E-state index is 12.1. The summed E-state index contributed by atoms with van der Waals surface area (Å²) in [5, 5.41) is 5.53. The minimum atomic E-state index is -0.0985. The molecule has 0 aromatic heterocycles. The number of rotatable bonds is 19. The van der Waals surface area contributed by atoms with Gasteiger partial charge in [-0.2, -0.15) is 0 Å². The molecule has 9 nitrogen and oxygen atoms in total. The van der Waals surface area contributed by atoms with Crippen molar-refractivity contribution in [3.63, 3.8) is 0 Å². The van der Waals surface area contributed by atoms with Crippen molar-refractivity contribution in [3.8, 4) is 5.75 Å². The summed E-state index contributed by atoms with van der Waals surface area (Å²) in [5.74, 6) is 0.719. The molecule has 0 unspecified atom stereocenters. The maximum absolute atomic E-state index is 12.1. The number of amides is 2. The summed E-state index contributed by atoms with van der Waals surface area (Å²) in [5.41, 5.74) is 1.45. The zero-order valence-corrected chi connectivity index (χ0v) is 23.0. The van der Waals surface area contributed by atoms with Crippen LogP contribution < -0.4 is 15.4 Å². The highest BCUT2D eigenvalue weighted by atomic mass is 16.5. The first-order valence-corrected chi connectivity index (χ1v) is 13.5. The average Bonchev–Trinajstić information content (AvgIpc) is 2.89. The Hall–Kier alpha value is -2.20. The Morgan fingerprint density at radius 2 is 1.54 bits per heavy atom. The molecule has 9 heteroatoms. The fourth-order valence-electron chi connectivity index (χ4n) is 4.07. The van der Waals surface area contributed by atoms with Crippen molar-refractivity contribution in [2.45, 2.75) is 46.0 Å². The van der Waals surface area contributed by atoms with Gasteiger partial charge in [0.25, 0.3) is 0 Å². The zero-order valence-electron chi connectivity index (χ0n) is 23.0. The van der Waals surface area contributed by atoms with Gasteiger partial charge in [0, 0.05) is 26.7 Å². The second-order valence-corrected chi connectivity index (χ2v) is 10.0. The van der Waals surface area contributed by atoms with E-state index in [0.29, 0.717) is 39.6 Å². The van der Waals surface area contributed by atoms with Gasteiger partial charge in [0.15, 0.2) is 0 Å². The van der Waals surface area contributed by atoms with Crippen molar-refractivity contribution in [2.24, 2.45) is 5.41 Å². The topological polar surface area (TPSA) is 98.4 Å². The predicted molar refractivity (Wildman–Crippen MR) is 144 cm³/mol. The Bertz CT molecular complexity index is 766. The lowest BCUT2D eigenvalue weighted by molar-refractivity contribution is -0.126. The number of benzene rings is 1. The summed E-state index contributed by atoms with van der Waals surface area (Å²) in [7, 11) is 1.61. The first kappa shape index (κ1) is 31.0. The van der Waals surface area contributed by atoms with E-state index in [1.807, 2.05) is 24.3 Å². The van der Waals surface area contributed by atoms with Crippen molar-refractivity contribution in [2.75, 3.05) is 79.5 Å². The normalized spacial score (nSPS) is 15.3. The molecule has 210 valence electrons. The number of piperidine rings is 1. The molecule has 0 aliphatic carbocycles. The number of likely N-dealkylation sites (tertiary alicyclic amines) is 1.